The Bertz CT molecular complexity index is 466. The summed E-state index contributed by atoms with van der Waals surface area (Å²) in [6.45, 7) is 12.4. The van der Waals surface area contributed by atoms with Gasteiger partial charge in [-0.15, -0.1) is 0 Å². The maximum absolute atomic E-state index is 10.8. The van der Waals surface area contributed by atoms with Crippen molar-refractivity contribution in [2.24, 2.45) is 11.8 Å². The van der Waals surface area contributed by atoms with E-state index in [-0.39, 0.29) is 41.4 Å². The van der Waals surface area contributed by atoms with Crippen LogP contribution in [0.4, 0.5) is 0 Å². The Labute approximate surface area is 157 Å². The molecule has 0 aromatic carbocycles. The average molecular weight is 408 g/mol. The summed E-state index contributed by atoms with van der Waals surface area (Å²) in [5, 5.41) is 16.8. The normalized spacial score (nSPS) is 11.4. The molecule has 147 valence electrons. The van der Waals surface area contributed by atoms with Crippen LogP contribution in [0.2, 0.25) is 0 Å². The monoisotopic (exact) mass is 407 g/mol. The first-order valence-corrected chi connectivity index (χ1v) is 7.00. The van der Waals surface area contributed by atoms with Gasteiger partial charge >= 0.3 is 23.9 Å². The van der Waals surface area contributed by atoms with Gasteiger partial charge in [0.05, 0.1) is 11.8 Å². The van der Waals surface area contributed by atoms with Gasteiger partial charge in [-0.25, -0.2) is 9.59 Å². The Balaban J connectivity index is -0.000000372. The van der Waals surface area contributed by atoms with Crippen molar-refractivity contribution in [3.05, 3.63) is 24.3 Å². The third kappa shape index (κ3) is 15.2. The largest absolute Gasteiger partial charge is 0.481 e. The first-order chi connectivity index (χ1) is 10.9. The topological polar surface area (TPSA) is 127 Å². The van der Waals surface area contributed by atoms with Gasteiger partial charge in [-0.3, -0.25) is 9.59 Å². The van der Waals surface area contributed by atoms with E-state index in [0.717, 1.165) is 0 Å². The summed E-state index contributed by atoms with van der Waals surface area (Å²) >= 11 is 0. The number of carbonyl (C=O) groups is 4. The maximum atomic E-state index is 10.8. The molecule has 2 unspecified atom stereocenters. The van der Waals surface area contributed by atoms with Crippen molar-refractivity contribution in [3.63, 3.8) is 0 Å². The van der Waals surface area contributed by atoms with Gasteiger partial charge in [0, 0.05) is 28.2 Å². The molecular weight excluding hydrogens is 384 g/mol. The first-order valence-electron chi connectivity index (χ1n) is 7.00. The molecule has 0 amide bonds. The molecule has 1 radical (unpaired) electrons. The fourth-order valence-electron chi connectivity index (χ4n) is 0.790. The molecule has 0 rings (SSSR count). The number of carbonyl (C=O) groups excluding carboxylic acids is 2. The fraction of sp³-hybridized carbons (Fsp3) is 0.500. The predicted molar refractivity (Wildman–Crippen MR) is 85.1 cm³/mol. The molecule has 0 saturated heterocycles. The van der Waals surface area contributed by atoms with Crippen LogP contribution in [0.1, 0.15) is 27.7 Å². The maximum Gasteiger partial charge on any atom is 0.333 e. The van der Waals surface area contributed by atoms with Crippen LogP contribution in [0.15, 0.2) is 24.3 Å². The molecule has 0 spiro atoms. The number of carboxylic acids is 2. The van der Waals surface area contributed by atoms with Crippen molar-refractivity contribution in [1.29, 1.82) is 0 Å². The van der Waals surface area contributed by atoms with Gasteiger partial charge in [-0.05, 0) is 27.7 Å². The molecule has 0 fully saturated rings. The van der Waals surface area contributed by atoms with Gasteiger partial charge < -0.3 is 19.7 Å². The van der Waals surface area contributed by atoms with Gasteiger partial charge in [-0.1, -0.05) is 13.2 Å². The SMILES string of the molecule is C=C(C)C(=O)OCC(C)C(=O)O.C=C(C)C(=O)OCC(C)C(=O)O.[Cu]. The second-order valence-corrected chi connectivity index (χ2v) is 5.24. The summed E-state index contributed by atoms with van der Waals surface area (Å²) in [7, 11) is 0. The predicted octanol–water partition coefficient (Wildman–Crippen LogP) is 1.65. The molecule has 8 nitrogen and oxygen atoms in total. The third-order valence-electron chi connectivity index (χ3n) is 2.47. The summed E-state index contributed by atoms with van der Waals surface area (Å²) < 4.78 is 9.21. The van der Waals surface area contributed by atoms with E-state index in [4.69, 9.17) is 10.2 Å². The standard InChI is InChI=1S/2C8H12O4.Cu/c2*1-5(2)8(11)12-4-6(3)7(9)10;/h2*6H,1,4H2,2-3H3,(H,9,10);. The molecule has 2 N–H and O–H groups in total. The molecule has 0 aromatic rings. The molecule has 25 heavy (non-hydrogen) atoms. The van der Waals surface area contributed by atoms with E-state index in [1.54, 1.807) is 0 Å². The Kier molecular flexibility index (Phi) is 15.8. The van der Waals surface area contributed by atoms with Crippen LogP contribution in [0.5, 0.6) is 0 Å². The second kappa shape index (κ2) is 14.2. The molecule has 2 atom stereocenters. The van der Waals surface area contributed by atoms with Crippen LogP contribution in [0.3, 0.4) is 0 Å². The van der Waals surface area contributed by atoms with Crippen LogP contribution in [0.25, 0.3) is 0 Å². The van der Waals surface area contributed by atoms with Gasteiger partial charge in [0.1, 0.15) is 13.2 Å². The van der Waals surface area contributed by atoms with E-state index in [9.17, 15) is 19.2 Å². The Hall–Kier alpha value is -2.12. The van der Waals surface area contributed by atoms with Crippen LogP contribution in [0, 0.1) is 11.8 Å². The van der Waals surface area contributed by atoms with Crippen molar-refractivity contribution in [2.45, 2.75) is 27.7 Å². The minimum atomic E-state index is -0.982. The number of rotatable bonds is 8. The first kappa shape index (κ1) is 27.7. The number of ether oxygens (including phenoxy) is 2. The molecule has 0 bridgehead atoms. The van der Waals surface area contributed by atoms with Crippen LogP contribution < -0.4 is 0 Å². The van der Waals surface area contributed by atoms with Crippen molar-refractivity contribution in [3.8, 4) is 0 Å². The van der Waals surface area contributed by atoms with Crippen molar-refractivity contribution >= 4 is 23.9 Å². The number of aliphatic carboxylic acids is 2. The van der Waals surface area contributed by atoms with Crippen LogP contribution >= 0.6 is 0 Å². The van der Waals surface area contributed by atoms with Crippen LogP contribution in [-0.2, 0) is 45.7 Å². The Morgan fingerprint density at radius 3 is 1.20 bits per heavy atom. The van der Waals surface area contributed by atoms with E-state index in [0.29, 0.717) is 0 Å². The van der Waals surface area contributed by atoms with Crippen molar-refractivity contribution in [1.82, 2.24) is 0 Å². The Morgan fingerprint density at radius 2 is 1.04 bits per heavy atom. The molecule has 0 saturated carbocycles. The number of hydrogen-bond acceptors (Lipinski definition) is 6. The minimum absolute atomic E-state index is 0. The number of carboxylic acid groups (broad SMARTS) is 2. The summed E-state index contributed by atoms with van der Waals surface area (Å²) in [6.07, 6.45) is 0. The van der Waals surface area contributed by atoms with E-state index < -0.39 is 35.7 Å². The van der Waals surface area contributed by atoms with E-state index in [1.165, 1.54) is 27.7 Å². The smallest absolute Gasteiger partial charge is 0.333 e. The van der Waals surface area contributed by atoms with Gasteiger partial charge in [0.15, 0.2) is 0 Å². The molecular formula is C16H24CuO8. The zero-order valence-corrected chi connectivity index (χ0v) is 15.6. The minimum Gasteiger partial charge on any atom is -0.481 e. The second-order valence-electron chi connectivity index (χ2n) is 5.24. The molecule has 9 heteroatoms. The summed E-state index contributed by atoms with van der Waals surface area (Å²) in [6, 6.07) is 0. The van der Waals surface area contributed by atoms with Gasteiger partial charge in [0.2, 0.25) is 0 Å². The fourth-order valence-corrected chi connectivity index (χ4v) is 0.790. The molecule has 0 aliphatic heterocycles. The van der Waals surface area contributed by atoms with Crippen molar-refractivity contribution < 1.29 is 55.9 Å². The van der Waals surface area contributed by atoms with E-state index >= 15 is 0 Å². The number of esters is 2. The third-order valence-corrected chi connectivity index (χ3v) is 2.47. The summed E-state index contributed by atoms with van der Waals surface area (Å²) in [4.78, 5) is 42.0. The summed E-state index contributed by atoms with van der Waals surface area (Å²) in [5.41, 5.74) is 0.542. The molecule has 0 aliphatic carbocycles. The quantitative estimate of drug-likeness (QED) is 0.353. The number of hydrogen-bond donors (Lipinski definition) is 2. The zero-order chi connectivity index (χ0) is 19.4. The van der Waals surface area contributed by atoms with E-state index in [1.807, 2.05) is 0 Å². The Morgan fingerprint density at radius 1 is 0.800 bits per heavy atom. The molecule has 0 aliphatic rings. The van der Waals surface area contributed by atoms with Crippen LogP contribution in [-0.4, -0.2) is 47.3 Å². The average Bonchev–Trinajstić information content (AvgIpc) is 2.49. The zero-order valence-electron chi connectivity index (χ0n) is 14.6. The van der Waals surface area contributed by atoms with Gasteiger partial charge in [-0.2, -0.15) is 0 Å². The summed E-state index contributed by atoms with van der Waals surface area (Å²) in [5.74, 6) is -4.41. The molecule has 0 heterocycles. The van der Waals surface area contributed by atoms with Gasteiger partial charge in [0.25, 0.3) is 0 Å². The van der Waals surface area contributed by atoms with E-state index in [2.05, 4.69) is 22.6 Å². The molecule has 0 aromatic heterocycles. The van der Waals surface area contributed by atoms with Crippen molar-refractivity contribution in [2.75, 3.05) is 13.2 Å².